The Morgan fingerprint density at radius 1 is 1.19 bits per heavy atom. The van der Waals surface area contributed by atoms with Gasteiger partial charge in [-0.25, -0.2) is 17.4 Å². The molecule has 3 rings (SSSR count). The van der Waals surface area contributed by atoms with Crippen LogP contribution >= 0.6 is 0 Å². The number of hydrogen-bond acceptors (Lipinski definition) is 5. The molecule has 0 saturated heterocycles. The number of amides is 1. The molecule has 0 saturated carbocycles. The van der Waals surface area contributed by atoms with Crippen molar-refractivity contribution in [3.05, 3.63) is 47.5 Å². The number of nitrogens with one attached hydrogen (secondary N) is 1. The van der Waals surface area contributed by atoms with Gasteiger partial charge in [-0.2, -0.15) is 0 Å². The lowest BCUT2D eigenvalue weighted by Crippen LogP contribution is -2.23. The number of carbonyl (C=O) groups is 1. The van der Waals surface area contributed by atoms with Crippen LogP contribution in [0.5, 0.6) is 0 Å². The summed E-state index contributed by atoms with van der Waals surface area (Å²) in [5, 5.41) is 10.8. The Kier molecular flexibility index (Phi) is 4.99. The number of aromatic nitrogens is 3. The van der Waals surface area contributed by atoms with Gasteiger partial charge in [0.15, 0.2) is 0 Å². The lowest BCUT2D eigenvalue weighted by molar-refractivity contribution is 0.102. The number of fused-ring (bicyclic) bond motifs is 1. The molecule has 1 aromatic heterocycles. The third-order valence-electron chi connectivity index (χ3n) is 4.28. The number of anilines is 1. The van der Waals surface area contributed by atoms with Crippen molar-refractivity contribution in [2.24, 2.45) is 0 Å². The minimum Gasteiger partial charge on any atom is -0.322 e. The van der Waals surface area contributed by atoms with E-state index in [-0.39, 0.29) is 10.8 Å². The van der Waals surface area contributed by atoms with Gasteiger partial charge in [0.1, 0.15) is 5.52 Å². The quantitative estimate of drug-likeness (QED) is 0.724. The van der Waals surface area contributed by atoms with Crippen molar-refractivity contribution >= 4 is 32.7 Å². The van der Waals surface area contributed by atoms with E-state index in [9.17, 15) is 13.2 Å². The van der Waals surface area contributed by atoms with Gasteiger partial charge in [0.25, 0.3) is 5.91 Å². The minimum atomic E-state index is -3.60. The molecular formula is C18H21N5O3S. The van der Waals surface area contributed by atoms with E-state index in [4.69, 9.17) is 0 Å². The number of aryl methyl sites for hydroxylation is 2. The van der Waals surface area contributed by atoms with E-state index >= 15 is 0 Å². The number of carbonyl (C=O) groups excluding carboxylic acids is 1. The highest BCUT2D eigenvalue weighted by atomic mass is 32.2. The first-order valence-electron chi connectivity index (χ1n) is 8.42. The Labute approximate surface area is 157 Å². The van der Waals surface area contributed by atoms with Crippen molar-refractivity contribution in [3.63, 3.8) is 0 Å². The second-order valence-corrected chi connectivity index (χ2v) is 8.45. The fourth-order valence-corrected chi connectivity index (χ4v) is 3.85. The van der Waals surface area contributed by atoms with Gasteiger partial charge in [-0.3, -0.25) is 4.79 Å². The van der Waals surface area contributed by atoms with Crippen LogP contribution in [0.4, 0.5) is 5.69 Å². The molecule has 0 bridgehead atoms. The standard InChI is InChI=1S/C18H21N5O3S/c1-5-23-16-9-7-13(10-15(16)20-21-23)18(24)19-14-8-6-12(2)17(11-14)27(25,26)22(3)4/h6-11H,5H2,1-4H3,(H,19,24). The number of rotatable bonds is 5. The first-order valence-corrected chi connectivity index (χ1v) is 9.86. The molecule has 0 radical (unpaired) electrons. The maximum atomic E-state index is 12.6. The van der Waals surface area contributed by atoms with Crippen molar-refractivity contribution in [1.29, 1.82) is 0 Å². The lowest BCUT2D eigenvalue weighted by atomic mass is 10.1. The highest BCUT2D eigenvalue weighted by Gasteiger charge is 2.20. The zero-order valence-electron chi connectivity index (χ0n) is 15.6. The highest BCUT2D eigenvalue weighted by Crippen LogP contribution is 2.23. The Morgan fingerprint density at radius 3 is 2.59 bits per heavy atom. The van der Waals surface area contributed by atoms with Crippen LogP contribution in [0, 0.1) is 6.92 Å². The van der Waals surface area contributed by atoms with Crippen molar-refractivity contribution < 1.29 is 13.2 Å². The summed E-state index contributed by atoms with van der Waals surface area (Å²) in [6.45, 7) is 4.37. The molecule has 3 aromatic rings. The summed E-state index contributed by atoms with van der Waals surface area (Å²) in [7, 11) is -0.657. The van der Waals surface area contributed by atoms with Crippen LogP contribution in [0.2, 0.25) is 0 Å². The summed E-state index contributed by atoms with van der Waals surface area (Å²) in [6.07, 6.45) is 0. The van der Waals surface area contributed by atoms with Crippen LogP contribution in [-0.4, -0.2) is 47.7 Å². The Bertz CT molecular complexity index is 1120. The molecule has 1 N–H and O–H groups in total. The fourth-order valence-electron chi connectivity index (χ4n) is 2.70. The highest BCUT2D eigenvalue weighted by molar-refractivity contribution is 7.89. The van der Waals surface area contributed by atoms with Crippen molar-refractivity contribution in [3.8, 4) is 0 Å². The van der Waals surface area contributed by atoms with Gasteiger partial charge in [0.2, 0.25) is 10.0 Å². The zero-order chi connectivity index (χ0) is 19.8. The van der Waals surface area contributed by atoms with Gasteiger partial charge in [0.05, 0.1) is 10.4 Å². The largest absolute Gasteiger partial charge is 0.322 e. The van der Waals surface area contributed by atoms with Gasteiger partial charge in [-0.1, -0.05) is 11.3 Å². The molecule has 0 aliphatic rings. The van der Waals surface area contributed by atoms with E-state index in [1.54, 1.807) is 41.9 Å². The van der Waals surface area contributed by atoms with E-state index in [0.29, 0.717) is 28.9 Å². The second-order valence-electron chi connectivity index (χ2n) is 6.33. The van der Waals surface area contributed by atoms with E-state index in [1.165, 1.54) is 20.2 Å². The van der Waals surface area contributed by atoms with E-state index < -0.39 is 10.0 Å². The Balaban J connectivity index is 1.90. The molecule has 1 amide bonds. The number of benzene rings is 2. The molecule has 0 spiro atoms. The molecule has 27 heavy (non-hydrogen) atoms. The van der Waals surface area contributed by atoms with Crippen molar-refractivity contribution in [1.82, 2.24) is 19.3 Å². The molecule has 8 nitrogen and oxygen atoms in total. The van der Waals surface area contributed by atoms with Gasteiger partial charge < -0.3 is 5.32 Å². The van der Waals surface area contributed by atoms with E-state index in [0.717, 1.165) is 9.82 Å². The molecule has 0 atom stereocenters. The minimum absolute atomic E-state index is 0.159. The van der Waals surface area contributed by atoms with Gasteiger partial charge in [-0.15, -0.1) is 5.10 Å². The summed E-state index contributed by atoms with van der Waals surface area (Å²) in [6, 6.07) is 9.96. The number of hydrogen-bond donors (Lipinski definition) is 1. The smallest absolute Gasteiger partial charge is 0.255 e. The first-order chi connectivity index (χ1) is 12.7. The third kappa shape index (κ3) is 3.56. The predicted octanol–water partition coefficient (Wildman–Crippen LogP) is 2.26. The van der Waals surface area contributed by atoms with Crippen LogP contribution in [0.15, 0.2) is 41.3 Å². The molecule has 1 heterocycles. The summed E-state index contributed by atoms with van der Waals surface area (Å²) >= 11 is 0. The van der Waals surface area contributed by atoms with Gasteiger partial charge >= 0.3 is 0 Å². The monoisotopic (exact) mass is 387 g/mol. The number of sulfonamides is 1. The normalized spacial score (nSPS) is 11.9. The molecule has 0 aliphatic heterocycles. The second kappa shape index (κ2) is 7.09. The SMILES string of the molecule is CCn1nnc2cc(C(=O)Nc3ccc(C)c(S(=O)(=O)N(C)C)c3)ccc21. The molecule has 2 aromatic carbocycles. The molecule has 9 heteroatoms. The van der Waals surface area contributed by atoms with E-state index in [2.05, 4.69) is 15.6 Å². The summed E-state index contributed by atoms with van der Waals surface area (Å²) in [5.74, 6) is -0.347. The topological polar surface area (TPSA) is 97.2 Å². The predicted molar refractivity (Wildman–Crippen MR) is 103 cm³/mol. The zero-order valence-corrected chi connectivity index (χ0v) is 16.4. The van der Waals surface area contributed by atoms with Crippen LogP contribution in [0.1, 0.15) is 22.8 Å². The van der Waals surface area contributed by atoms with E-state index in [1.807, 2.05) is 6.92 Å². The summed E-state index contributed by atoms with van der Waals surface area (Å²) in [5.41, 5.74) is 2.92. The molecule has 0 unspecified atom stereocenters. The van der Waals surface area contributed by atoms with Gasteiger partial charge in [0, 0.05) is 31.9 Å². The first kappa shape index (κ1) is 19.0. The van der Waals surface area contributed by atoms with Crippen LogP contribution in [0.3, 0.4) is 0 Å². The third-order valence-corrected chi connectivity index (χ3v) is 6.24. The fraction of sp³-hybridized carbons (Fsp3) is 0.278. The Hall–Kier alpha value is -2.78. The lowest BCUT2D eigenvalue weighted by Gasteiger charge is -2.15. The summed E-state index contributed by atoms with van der Waals surface area (Å²) in [4.78, 5) is 12.7. The average Bonchev–Trinajstić information content (AvgIpc) is 3.05. The average molecular weight is 387 g/mol. The number of nitrogens with zero attached hydrogens (tertiary/aromatic N) is 4. The van der Waals surface area contributed by atoms with Crippen molar-refractivity contribution in [2.45, 2.75) is 25.3 Å². The van der Waals surface area contributed by atoms with Gasteiger partial charge in [-0.05, 0) is 49.7 Å². The maximum absolute atomic E-state index is 12.6. The summed E-state index contributed by atoms with van der Waals surface area (Å²) < 4.78 is 27.8. The Morgan fingerprint density at radius 2 is 1.93 bits per heavy atom. The van der Waals surface area contributed by atoms with Crippen LogP contribution in [0.25, 0.3) is 11.0 Å². The molecule has 142 valence electrons. The molecule has 0 fully saturated rings. The van der Waals surface area contributed by atoms with Crippen LogP contribution in [-0.2, 0) is 16.6 Å². The van der Waals surface area contributed by atoms with Crippen molar-refractivity contribution in [2.75, 3.05) is 19.4 Å². The molecular weight excluding hydrogens is 366 g/mol. The van der Waals surface area contributed by atoms with Crippen LogP contribution < -0.4 is 5.32 Å². The maximum Gasteiger partial charge on any atom is 0.255 e. The molecule has 0 aliphatic carbocycles.